The molecule has 2 N–H and O–H groups in total. The summed E-state index contributed by atoms with van der Waals surface area (Å²) in [6, 6.07) is 0.557. The van der Waals surface area contributed by atoms with E-state index in [2.05, 4.69) is 5.32 Å². The van der Waals surface area contributed by atoms with Crippen LogP contribution in [0.4, 0.5) is 17.6 Å². The largest absolute Gasteiger partial charge is 0.503 e. The summed E-state index contributed by atoms with van der Waals surface area (Å²) in [5.74, 6) is -4.93. The van der Waals surface area contributed by atoms with Crippen LogP contribution in [-0.2, 0) is 13.1 Å². The molecule has 31 heavy (non-hydrogen) atoms. The molecule has 3 atom stereocenters. The van der Waals surface area contributed by atoms with Crippen molar-refractivity contribution in [2.24, 2.45) is 0 Å². The number of aromatic nitrogens is 1. The van der Waals surface area contributed by atoms with Crippen molar-refractivity contribution in [1.82, 2.24) is 14.8 Å². The number of aromatic hydroxyl groups is 1. The Balaban J connectivity index is 1.62. The number of pyridine rings is 1. The third-order valence-corrected chi connectivity index (χ3v) is 6.05. The SMILES string of the molecule is O=C(NCc1c(F)cc(F)cc1F)c1cn2c(c(O)c1=O)CN1C[C@@H]2CCC[C@@H]1CF. The highest BCUT2D eigenvalue weighted by Gasteiger charge is 2.35. The summed E-state index contributed by atoms with van der Waals surface area (Å²) in [4.78, 5) is 27.1. The number of fused-ring (bicyclic) bond motifs is 4. The fraction of sp³-hybridized carbons (Fsp3) is 0.429. The summed E-state index contributed by atoms with van der Waals surface area (Å²) in [6.07, 6.45) is 3.44. The van der Waals surface area contributed by atoms with E-state index in [9.17, 15) is 32.3 Å². The second-order valence-electron chi connectivity index (χ2n) is 7.93. The minimum atomic E-state index is -1.16. The lowest BCUT2D eigenvalue weighted by Crippen LogP contribution is -2.44. The third kappa shape index (κ3) is 3.91. The molecule has 1 aromatic carbocycles. The average molecular weight is 439 g/mol. The van der Waals surface area contributed by atoms with E-state index in [0.717, 1.165) is 6.42 Å². The van der Waals surface area contributed by atoms with Crippen molar-refractivity contribution in [1.29, 1.82) is 0 Å². The van der Waals surface area contributed by atoms with Crippen LogP contribution in [0.3, 0.4) is 0 Å². The van der Waals surface area contributed by atoms with Gasteiger partial charge in [0, 0.05) is 55.6 Å². The molecule has 2 bridgehead atoms. The van der Waals surface area contributed by atoms with Crippen LogP contribution < -0.4 is 10.7 Å². The molecule has 0 aliphatic carbocycles. The quantitative estimate of drug-likeness (QED) is 0.719. The topological polar surface area (TPSA) is 74.6 Å². The Morgan fingerprint density at radius 2 is 1.90 bits per heavy atom. The van der Waals surface area contributed by atoms with Gasteiger partial charge in [-0.25, -0.2) is 17.6 Å². The maximum absolute atomic E-state index is 13.8. The van der Waals surface area contributed by atoms with Gasteiger partial charge >= 0.3 is 0 Å². The fourth-order valence-electron chi connectivity index (χ4n) is 4.38. The van der Waals surface area contributed by atoms with Gasteiger partial charge in [0.2, 0.25) is 5.43 Å². The first-order valence-electron chi connectivity index (χ1n) is 9.98. The second kappa shape index (κ2) is 8.33. The van der Waals surface area contributed by atoms with Gasteiger partial charge in [-0.1, -0.05) is 0 Å². The van der Waals surface area contributed by atoms with Crippen molar-refractivity contribution in [2.45, 2.75) is 44.4 Å². The number of nitrogens with zero attached hydrogens (tertiary/aromatic N) is 2. The Bertz CT molecular complexity index is 1070. The molecule has 1 aromatic heterocycles. The van der Waals surface area contributed by atoms with Crippen LogP contribution in [0, 0.1) is 17.5 Å². The minimum absolute atomic E-state index is 0.148. The summed E-state index contributed by atoms with van der Waals surface area (Å²) >= 11 is 0. The van der Waals surface area contributed by atoms with E-state index in [4.69, 9.17) is 0 Å². The molecule has 1 unspecified atom stereocenters. The van der Waals surface area contributed by atoms with Crippen molar-refractivity contribution in [3.05, 3.63) is 62.8 Å². The van der Waals surface area contributed by atoms with Gasteiger partial charge in [0.25, 0.3) is 5.91 Å². The number of carbonyl (C=O) groups excluding carboxylic acids is 1. The molecule has 1 saturated heterocycles. The maximum Gasteiger partial charge on any atom is 0.257 e. The predicted molar refractivity (Wildman–Crippen MR) is 103 cm³/mol. The Morgan fingerprint density at radius 3 is 2.58 bits per heavy atom. The molecular weight excluding hydrogens is 418 g/mol. The summed E-state index contributed by atoms with van der Waals surface area (Å²) in [5, 5.41) is 12.7. The van der Waals surface area contributed by atoms with Gasteiger partial charge in [0.15, 0.2) is 5.75 Å². The molecule has 0 saturated carbocycles. The molecule has 166 valence electrons. The molecule has 10 heteroatoms. The molecule has 0 spiro atoms. The zero-order valence-corrected chi connectivity index (χ0v) is 16.5. The zero-order chi connectivity index (χ0) is 22.3. The predicted octanol–water partition coefficient (Wildman–Crippen LogP) is 2.78. The Hall–Kier alpha value is -2.88. The van der Waals surface area contributed by atoms with Gasteiger partial charge < -0.3 is 15.0 Å². The van der Waals surface area contributed by atoms with Crippen LogP contribution in [-0.4, -0.2) is 39.7 Å². The van der Waals surface area contributed by atoms with Gasteiger partial charge in [0.1, 0.15) is 29.7 Å². The van der Waals surface area contributed by atoms with Gasteiger partial charge in [-0.05, 0) is 19.3 Å². The maximum atomic E-state index is 13.8. The van der Waals surface area contributed by atoms with Gasteiger partial charge in [-0.15, -0.1) is 0 Å². The highest BCUT2D eigenvalue weighted by Crippen LogP contribution is 2.34. The van der Waals surface area contributed by atoms with E-state index >= 15 is 0 Å². The van der Waals surface area contributed by atoms with Crippen molar-refractivity contribution in [2.75, 3.05) is 13.2 Å². The van der Waals surface area contributed by atoms with Crippen molar-refractivity contribution < 1.29 is 27.5 Å². The standard InChI is InChI=1S/C21H21F4N3O3/c22-6-12-2-1-3-13-8-27(12)10-18-20(30)19(29)15(9-28(13)18)21(31)26-7-14-16(24)4-11(23)5-17(14)25/h4-5,9,12-13,30H,1-3,6-8,10H2,(H,26,31)/t12-,13+/m1/s1. The Morgan fingerprint density at radius 1 is 1.19 bits per heavy atom. The lowest BCUT2D eigenvalue weighted by atomic mass is 10.1. The van der Waals surface area contributed by atoms with Crippen molar-refractivity contribution in [3.63, 3.8) is 0 Å². The fourth-order valence-corrected chi connectivity index (χ4v) is 4.38. The van der Waals surface area contributed by atoms with E-state index in [1.807, 2.05) is 4.90 Å². The first-order valence-corrected chi connectivity index (χ1v) is 9.98. The van der Waals surface area contributed by atoms with Gasteiger partial charge in [-0.2, -0.15) is 0 Å². The number of amides is 1. The molecule has 3 heterocycles. The number of rotatable bonds is 4. The molecule has 6 nitrogen and oxygen atoms in total. The number of alkyl halides is 1. The first kappa shape index (κ1) is 21.4. The monoisotopic (exact) mass is 439 g/mol. The number of benzene rings is 1. The summed E-state index contributed by atoms with van der Waals surface area (Å²) in [7, 11) is 0. The van der Waals surface area contributed by atoms with E-state index in [1.165, 1.54) is 6.20 Å². The lowest BCUT2D eigenvalue weighted by Gasteiger charge is -2.37. The Labute approximate surface area is 175 Å². The molecule has 0 radical (unpaired) electrons. The zero-order valence-electron chi connectivity index (χ0n) is 16.5. The van der Waals surface area contributed by atoms with E-state index in [0.29, 0.717) is 37.2 Å². The third-order valence-electron chi connectivity index (χ3n) is 6.05. The van der Waals surface area contributed by atoms with Gasteiger partial charge in [-0.3, -0.25) is 14.5 Å². The number of hydrogen-bond acceptors (Lipinski definition) is 4. The van der Waals surface area contributed by atoms with Crippen LogP contribution in [0.1, 0.15) is 46.9 Å². The molecule has 1 fully saturated rings. The average Bonchev–Trinajstić information content (AvgIpc) is 2.89. The smallest absolute Gasteiger partial charge is 0.257 e. The molecule has 4 rings (SSSR count). The molecule has 2 aromatic rings. The first-order chi connectivity index (χ1) is 14.8. The minimum Gasteiger partial charge on any atom is -0.503 e. The second-order valence-corrected chi connectivity index (χ2v) is 7.93. The normalized spacial score (nSPS) is 22.5. The van der Waals surface area contributed by atoms with Crippen LogP contribution in [0.15, 0.2) is 23.1 Å². The Kier molecular flexibility index (Phi) is 5.74. The van der Waals surface area contributed by atoms with Crippen LogP contribution in [0.2, 0.25) is 0 Å². The number of nitrogens with one attached hydrogen (secondary N) is 1. The van der Waals surface area contributed by atoms with E-state index in [1.54, 1.807) is 4.57 Å². The highest BCUT2D eigenvalue weighted by molar-refractivity contribution is 5.94. The van der Waals surface area contributed by atoms with Crippen LogP contribution in [0.25, 0.3) is 0 Å². The molecule has 1 amide bonds. The summed E-state index contributed by atoms with van der Waals surface area (Å²) in [6.45, 7) is -0.417. The molecule has 2 aliphatic heterocycles. The summed E-state index contributed by atoms with van der Waals surface area (Å²) < 4.78 is 55.7. The number of halogens is 4. The van der Waals surface area contributed by atoms with Crippen molar-refractivity contribution in [3.8, 4) is 5.75 Å². The van der Waals surface area contributed by atoms with Crippen LogP contribution in [0.5, 0.6) is 5.75 Å². The number of carbonyl (C=O) groups is 1. The molecule has 2 aliphatic rings. The van der Waals surface area contributed by atoms with Crippen LogP contribution >= 0.6 is 0 Å². The summed E-state index contributed by atoms with van der Waals surface area (Å²) in [5.41, 5.74) is -1.52. The molecular formula is C21H21F4N3O3. The van der Waals surface area contributed by atoms with Gasteiger partial charge in [0.05, 0.1) is 5.69 Å². The highest BCUT2D eigenvalue weighted by atomic mass is 19.1. The van der Waals surface area contributed by atoms with E-state index in [-0.39, 0.29) is 24.2 Å². The van der Waals surface area contributed by atoms with Crippen molar-refractivity contribution >= 4 is 5.91 Å². The number of hydrogen-bond donors (Lipinski definition) is 2. The lowest BCUT2D eigenvalue weighted by molar-refractivity contribution is 0.0944. The van der Waals surface area contributed by atoms with E-state index < -0.39 is 53.3 Å².